The molecule has 0 bridgehead atoms. The van der Waals surface area contributed by atoms with Gasteiger partial charge < -0.3 is 5.32 Å². The zero-order valence-corrected chi connectivity index (χ0v) is 7.03. The van der Waals surface area contributed by atoms with E-state index in [1.165, 1.54) is 0 Å². The first-order chi connectivity index (χ1) is 4.70. The summed E-state index contributed by atoms with van der Waals surface area (Å²) in [6, 6.07) is 0. The number of amides is 1. The molecule has 10 heavy (non-hydrogen) atoms. The minimum Gasteiger partial charge on any atom is -0.355 e. The van der Waals surface area contributed by atoms with Gasteiger partial charge in [0.1, 0.15) is 0 Å². The molecular weight excluding hydrogens is 146 g/mol. The largest absolute Gasteiger partial charge is 0.355 e. The fourth-order valence-corrected chi connectivity index (χ4v) is 1.31. The fraction of sp³-hybridized carbons (Fsp3) is 0.857. The first-order valence-electron chi connectivity index (χ1n) is 3.66. The lowest BCUT2D eigenvalue weighted by atomic mass is 10.1. The van der Waals surface area contributed by atoms with Gasteiger partial charge in [-0.15, -0.1) is 0 Å². The molecule has 58 valence electrons. The Labute approximate surface area is 66.8 Å². The Kier molecular flexibility index (Phi) is 2.60. The van der Waals surface area contributed by atoms with Gasteiger partial charge in [0.15, 0.2) is 0 Å². The van der Waals surface area contributed by atoms with Crippen molar-refractivity contribution >= 4 is 18.5 Å². The molecule has 1 amide bonds. The smallest absolute Gasteiger partial charge is 0.232 e. The Morgan fingerprint density at radius 1 is 1.60 bits per heavy atom. The van der Waals surface area contributed by atoms with Gasteiger partial charge in [0, 0.05) is 6.54 Å². The minimum absolute atomic E-state index is 0.0788. The number of thiol groups is 1. The number of carbonyl (C=O) groups is 1. The molecule has 1 N–H and O–H groups in total. The van der Waals surface area contributed by atoms with E-state index in [1.54, 1.807) is 0 Å². The van der Waals surface area contributed by atoms with Crippen molar-refractivity contribution in [2.24, 2.45) is 5.92 Å². The summed E-state index contributed by atoms with van der Waals surface area (Å²) >= 11 is 4.15. The molecule has 2 atom stereocenters. The molecule has 0 aromatic rings. The zero-order chi connectivity index (χ0) is 7.56. The van der Waals surface area contributed by atoms with E-state index in [1.807, 2.05) is 0 Å². The van der Waals surface area contributed by atoms with Crippen molar-refractivity contribution < 1.29 is 4.79 Å². The molecular formula is C7H13NOS. The van der Waals surface area contributed by atoms with Gasteiger partial charge in [-0.25, -0.2) is 0 Å². The summed E-state index contributed by atoms with van der Waals surface area (Å²) in [5, 5.41) is 2.75. The second-order valence-corrected chi connectivity index (χ2v) is 3.57. The fourth-order valence-electron chi connectivity index (χ4n) is 1.07. The van der Waals surface area contributed by atoms with E-state index in [9.17, 15) is 4.79 Å². The standard InChI is InChI=1S/C7H13NOS/c1-5-2-3-6(10)7(9)8-4-5/h5-6,10H,2-4H2,1H3,(H,8,9). The van der Waals surface area contributed by atoms with E-state index in [2.05, 4.69) is 24.9 Å². The summed E-state index contributed by atoms with van der Waals surface area (Å²) in [5.41, 5.74) is 0. The van der Waals surface area contributed by atoms with Crippen LogP contribution in [0.25, 0.3) is 0 Å². The number of carbonyl (C=O) groups excluding carboxylic acids is 1. The van der Waals surface area contributed by atoms with Gasteiger partial charge in [-0.1, -0.05) is 6.92 Å². The summed E-state index contributed by atoms with van der Waals surface area (Å²) in [7, 11) is 0. The molecule has 1 heterocycles. The van der Waals surface area contributed by atoms with Crippen LogP contribution in [0, 0.1) is 5.92 Å². The lowest BCUT2D eigenvalue weighted by Crippen LogP contribution is -2.30. The summed E-state index contributed by atoms with van der Waals surface area (Å²) in [5.74, 6) is 0.703. The van der Waals surface area contributed by atoms with Crippen LogP contribution >= 0.6 is 12.6 Å². The predicted octanol–water partition coefficient (Wildman–Crippen LogP) is 0.831. The van der Waals surface area contributed by atoms with Crippen molar-refractivity contribution in [1.82, 2.24) is 5.32 Å². The Morgan fingerprint density at radius 2 is 2.30 bits per heavy atom. The van der Waals surface area contributed by atoms with Crippen LogP contribution in [0.4, 0.5) is 0 Å². The molecule has 0 aromatic carbocycles. The maximum Gasteiger partial charge on any atom is 0.232 e. The number of hydrogen-bond acceptors (Lipinski definition) is 2. The minimum atomic E-state index is -0.0788. The molecule has 1 aliphatic rings. The van der Waals surface area contributed by atoms with E-state index < -0.39 is 0 Å². The van der Waals surface area contributed by atoms with Crippen LogP contribution in [0.5, 0.6) is 0 Å². The van der Waals surface area contributed by atoms with Crippen LogP contribution in [0.3, 0.4) is 0 Å². The molecule has 0 aliphatic carbocycles. The number of hydrogen-bond donors (Lipinski definition) is 2. The van der Waals surface area contributed by atoms with Gasteiger partial charge in [0.2, 0.25) is 5.91 Å². The Hall–Kier alpha value is -0.180. The third-order valence-corrected chi connectivity index (χ3v) is 2.35. The van der Waals surface area contributed by atoms with Gasteiger partial charge in [0.05, 0.1) is 5.25 Å². The highest BCUT2D eigenvalue weighted by Crippen LogP contribution is 2.14. The highest BCUT2D eigenvalue weighted by Gasteiger charge is 2.19. The van der Waals surface area contributed by atoms with Crippen molar-refractivity contribution in [1.29, 1.82) is 0 Å². The van der Waals surface area contributed by atoms with Gasteiger partial charge >= 0.3 is 0 Å². The summed E-state index contributed by atoms with van der Waals surface area (Å²) in [4.78, 5) is 11.0. The highest BCUT2D eigenvalue weighted by molar-refractivity contribution is 7.81. The SMILES string of the molecule is CC1CCC(S)C(=O)NC1. The van der Waals surface area contributed by atoms with Crippen LogP contribution in [0.1, 0.15) is 19.8 Å². The lowest BCUT2D eigenvalue weighted by molar-refractivity contribution is -0.120. The van der Waals surface area contributed by atoms with Gasteiger partial charge in [0.25, 0.3) is 0 Å². The summed E-state index contributed by atoms with van der Waals surface area (Å²) in [6.07, 6.45) is 2.02. The molecule has 0 radical (unpaired) electrons. The monoisotopic (exact) mass is 159 g/mol. The van der Waals surface area contributed by atoms with E-state index in [0.29, 0.717) is 5.92 Å². The molecule has 2 nitrogen and oxygen atoms in total. The van der Waals surface area contributed by atoms with Crippen LogP contribution in [0.15, 0.2) is 0 Å². The Bertz CT molecular complexity index is 138. The predicted molar refractivity (Wildman–Crippen MR) is 44.2 cm³/mol. The molecule has 0 saturated carbocycles. The second-order valence-electron chi connectivity index (χ2n) is 2.94. The third kappa shape index (κ3) is 1.90. The average molecular weight is 159 g/mol. The number of rotatable bonds is 0. The molecule has 1 rings (SSSR count). The van der Waals surface area contributed by atoms with Crippen molar-refractivity contribution in [3.05, 3.63) is 0 Å². The number of nitrogens with one attached hydrogen (secondary N) is 1. The van der Waals surface area contributed by atoms with E-state index in [0.717, 1.165) is 19.4 Å². The van der Waals surface area contributed by atoms with Crippen LogP contribution in [-0.4, -0.2) is 17.7 Å². The quantitative estimate of drug-likeness (QED) is 0.504. The van der Waals surface area contributed by atoms with Crippen LogP contribution in [0.2, 0.25) is 0 Å². The van der Waals surface area contributed by atoms with Crippen LogP contribution in [-0.2, 0) is 4.79 Å². The van der Waals surface area contributed by atoms with Gasteiger partial charge in [-0.2, -0.15) is 12.6 Å². The normalized spacial score (nSPS) is 34.8. The lowest BCUT2D eigenvalue weighted by Gasteiger charge is -2.04. The topological polar surface area (TPSA) is 29.1 Å². The first kappa shape index (κ1) is 7.92. The highest BCUT2D eigenvalue weighted by atomic mass is 32.1. The second kappa shape index (κ2) is 3.28. The molecule has 3 heteroatoms. The zero-order valence-electron chi connectivity index (χ0n) is 6.13. The van der Waals surface area contributed by atoms with E-state index >= 15 is 0 Å². The molecule has 1 aliphatic heterocycles. The third-order valence-electron chi connectivity index (χ3n) is 1.86. The maximum absolute atomic E-state index is 11.0. The summed E-state index contributed by atoms with van der Waals surface area (Å²) in [6.45, 7) is 2.96. The molecule has 1 fully saturated rings. The Morgan fingerprint density at radius 3 is 3.00 bits per heavy atom. The average Bonchev–Trinajstić information content (AvgIpc) is 2.04. The van der Waals surface area contributed by atoms with E-state index in [4.69, 9.17) is 0 Å². The first-order valence-corrected chi connectivity index (χ1v) is 4.17. The molecule has 0 spiro atoms. The Balaban J connectivity index is 2.46. The maximum atomic E-state index is 11.0. The van der Waals surface area contributed by atoms with Crippen molar-refractivity contribution in [3.8, 4) is 0 Å². The molecule has 1 saturated heterocycles. The van der Waals surface area contributed by atoms with Gasteiger partial charge in [-0.3, -0.25) is 4.79 Å². The molecule has 0 aromatic heterocycles. The van der Waals surface area contributed by atoms with Gasteiger partial charge in [-0.05, 0) is 18.8 Å². The van der Waals surface area contributed by atoms with Crippen molar-refractivity contribution in [3.63, 3.8) is 0 Å². The van der Waals surface area contributed by atoms with Crippen LogP contribution < -0.4 is 5.32 Å². The summed E-state index contributed by atoms with van der Waals surface area (Å²) < 4.78 is 0. The van der Waals surface area contributed by atoms with Crippen molar-refractivity contribution in [2.45, 2.75) is 25.0 Å². The van der Waals surface area contributed by atoms with Crippen molar-refractivity contribution in [2.75, 3.05) is 6.54 Å². The molecule has 2 unspecified atom stereocenters. The van der Waals surface area contributed by atoms with E-state index in [-0.39, 0.29) is 11.2 Å².